The molecule has 0 aliphatic heterocycles. The number of benzene rings is 1. The Morgan fingerprint density at radius 2 is 2.12 bits per heavy atom. The second-order valence-electron chi connectivity index (χ2n) is 3.92. The first kappa shape index (κ1) is 13.5. The van der Waals surface area contributed by atoms with Gasteiger partial charge in [0.1, 0.15) is 5.75 Å². The number of rotatable bonds is 5. The number of methoxy groups -OCH3 is 2. The largest absolute Gasteiger partial charge is 0.496 e. The normalized spacial score (nSPS) is 12.0. The molecule has 0 bridgehead atoms. The van der Waals surface area contributed by atoms with Gasteiger partial charge in [-0.2, -0.15) is 0 Å². The van der Waals surface area contributed by atoms with Gasteiger partial charge in [-0.25, -0.2) is 0 Å². The van der Waals surface area contributed by atoms with Crippen molar-refractivity contribution in [3.8, 4) is 5.75 Å². The number of ether oxygens (including phenoxy) is 2. The van der Waals surface area contributed by atoms with Crippen molar-refractivity contribution in [2.24, 2.45) is 0 Å². The first-order valence-electron chi connectivity index (χ1n) is 5.53. The molecule has 0 spiro atoms. The van der Waals surface area contributed by atoms with Gasteiger partial charge in [0.15, 0.2) is 0 Å². The lowest BCUT2D eigenvalue weighted by molar-refractivity contribution is -0.139. The summed E-state index contributed by atoms with van der Waals surface area (Å²) in [7, 11) is 3.02. The van der Waals surface area contributed by atoms with Gasteiger partial charge in [0.25, 0.3) is 0 Å². The zero-order valence-electron chi connectivity index (χ0n) is 10.7. The lowest BCUT2D eigenvalue weighted by atomic mass is 10.0. The van der Waals surface area contributed by atoms with Crippen LogP contribution in [0.15, 0.2) is 18.2 Å². The average molecular weight is 237 g/mol. The summed E-state index contributed by atoms with van der Waals surface area (Å²) in [6.07, 6.45) is 0. The second-order valence-corrected chi connectivity index (χ2v) is 3.92. The van der Waals surface area contributed by atoms with Crippen molar-refractivity contribution in [3.05, 3.63) is 29.3 Å². The molecule has 1 rings (SSSR count). The van der Waals surface area contributed by atoms with Crippen molar-refractivity contribution in [2.45, 2.75) is 19.9 Å². The third-order valence-electron chi connectivity index (χ3n) is 2.63. The van der Waals surface area contributed by atoms with Gasteiger partial charge in [0, 0.05) is 11.6 Å². The number of hydrogen-bond acceptors (Lipinski definition) is 4. The van der Waals surface area contributed by atoms with Gasteiger partial charge >= 0.3 is 5.97 Å². The zero-order chi connectivity index (χ0) is 12.8. The van der Waals surface area contributed by atoms with E-state index in [9.17, 15) is 4.79 Å². The van der Waals surface area contributed by atoms with Crippen LogP contribution >= 0.6 is 0 Å². The minimum atomic E-state index is -0.275. The minimum Gasteiger partial charge on any atom is -0.496 e. The molecule has 17 heavy (non-hydrogen) atoms. The highest BCUT2D eigenvalue weighted by molar-refractivity contribution is 5.71. The smallest absolute Gasteiger partial charge is 0.319 e. The van der Waals surface area contributed by atoms with Gasteiger partial charge in [0.2, 0.25) is 0 Å². The predicted molar refractivity (Wildman–Crippen MR) is 66.2 cm³/mol. The van der Waals surface area contributed by atoms with Crippen LogP contribution in [0, 0.1) is 6.92 Å². The lowest BCUT2D eigenvalue weighted by Crippen LogP contribution is -2.27. The number of hydrogen-bond donors (Lipinski definition) is 1. The Balaban J connectivity index is 2.76. The molecule has 4 heteroatoms. The van der Waals surface area contributed by atoms with E-state index in [0.717, 1.165) is 16.9 Å². The van der Waals surface area contributed by atoms with Crippen LogP contribution in [0.3, 0.4) is 0 Å². The Hall–Kier alpha value is -1.55. The van der Waals surface area contributed by atoms with Gasteiger partial charge in [-0.1, -0.05) is 17.7 Å². The molecule has 94 valence electrons. The van der Waals surface area contributed by atoms with Crippen molar-refractivity contribution in [2.75, 3.05) is 20.8 Å². The van der Waals surface area contributed by atoms with E-state index in [1.165, 1.54) is 7.11 Å². The number of nitrogens with one attached hydrogen (secondary N) is 1. The van der Waals surface area contributed by atoms with Crippen LogP contribution in [0.25, 0.3) is 0 Å². The van der Waals surface area contributed by atoms with Crippen molar-refractivity contribution in [1.29, 1.82) is 0 Å². The third kappa shape index (κ3) is 3.75. The summed E-state index contributed by atoms with van der Waals surface area (Å²) in [5.74, 6) is 0.545. The number of carbonyl (C=O) groups is 1. The molecule has 4 nitrogen and oxygen atoms in total. The van der Waals surface area contributed by atoms with Crippen molar-refractivity contribution in [1.82, 2.24) is 5.32 Å². The Kier molecular flexibility index (Phi) is 4.97. The van der Waals surface area contributed by atoms with Gasteiger partial charge in [0.05, 0.1) is 20.8 Å². The molecule has 1 aromatic carbocycles. The van der Waals surface area contributed by atoms with Crippen LogP contribution in [0.1, 0.15) is 24.1 Å². The summed E-state index contributed by atoms with van der Waals surface area (Å²) >= 11 is 0. The van der Waals surface area contributed by atoms with E-state index in [0.29, 0.717) is 0 Å². The molecule has 0 aliphatic rings. The topological polar surface area (TPSA) is 47.6 Å². The maximum atomic E-state index is 11.1. The molecule has 0 saturated carbocycles. The molecule has 0 aromatic heterocycles. The first-order valence-corrected chi connectivity index (χ1v) is 5.53. The first-order chi connectivity index (χ1) is 8.08. The van der Waals surface area contributed by atoms with Crippen LogP contribution in [-0.2, 0) is 9.53 Å². The van der Waals surface area contributed by atoms with Crippen LogP contribution in [0.5, 0.6) is 5.75 Å². The maximum absolute atomic E-state index is 11.1. The van der Waals surface area contributed by atoms with E-state index in [2.05, 4.69) is 10.1 Å². The van der Waals surface area contributed by atoms with Crippen LogP contribution in [0.4, 0.5) is 0 Å². The molecule has 0 saturated heterocycles. The molecule has 0 fully saturated rings. The van der Waals surface area contributed by atoms with Crippen LogP contribution in [0.2, 0.25) is 0 Å². The number of aryl methyl sites for hydroxylation is 1. The van der Waals surface area contributed by atoms with Crippen LogP contribution < -0.4 is 10.1 Å². The molecule has 0 heterocycles. The molecule has 1 N–H and O–H groups in total. The predicted octanol–water partition coefficient (Wildman–Crippen LogP) is 1.83. The molecular formula is C13H19NO3. The lowest BCUT2D eigenvalue weighted by Gasteiger charge is -2.17. The summed E-state index contributed by atoms with van der Waals surface area (Å²) in [4.78, 5) is 11.1. The molecule has 1 unspecified atom stereocenters. The summed E-state index contributed by atoms with van der Waals surface area (Å²) in [5.41, 5.74) is 2.20. The summed E-state index contributed by atoms with van der Waals surface area (Å²) in [6.45, 7) is 4.20. The molecular weight excluding hydrogens is 218 g/mol. The van der Waals surface area contributed by atoms with Gasteiger partial charge in [-0.15, -0.1) is 0 Å². The summed E-state index contributed by atoms with van der Waals surface area (Å²) in [6, 6.07) is 6.01. The molecule has 0 aliphatic carbocycles. The summed E-state index contributed by atoms with van der Waals surface area (Å²) in [5, 5.41) is 3.10. The molecule has 0 amide bonds. The highest BCUT2D eigenvalue weighted by atomic mass is 16.5. The monoisotopic (exact) mass is 237 g/mol. The van der Waals surface area contributed by atoms with Crippen molar-refractivity contribution in [3.63, 3.8) is 0 Å². The third-order valence-corrected chi connectivity index (χ3v) is 2.63. The fourth-order valence-electron chi connectivity index (χ4n) is 1.61. The minimum absolute atomic E-state index is 0.0314. The van der Waals surface area contributed by atoms with Gasteiger partial charge in [-0.3, -0.25) is 4.79 Å². The number of carbonyl (C=O) groups excluding carboxylic acids is 1. The van der Waals surface area contributed by atoms with E-state index in [-0.39, 0.29) is 18.6 Å². The molecule has 1 atom stereocenters. The summed E-state index contributed by atoms with van der Waals surface area (Å²) < 4.78 is 9.88. The Bertz CT molecular complexity index is 390. The van der Waals surface area contributed by atoms with Crippen molar-refractivity contribution >= 4 is 5.97 Å². The SMILES string of the molecule is COC(=O)CNC(C)c1cc(C)ccc1OC. The zero-order valence-corrected chi connectivity index (χ0v) is 10.7. The van der Waals surface area contributed by atoms with E-state index < -0.39 is 0 Å². The Labute approximate surface area is 102 Å². The van der Waals surface area contributed by atoms with E-state index in [1.54, 1.807) is 7.11 Å². The van der Waals surface area contributed by atoms with Crippen molar-refractivity contribution < 1.29 is 14.3 Å². The van der Waals surface area contributed by atoms with E-state index >= 15 is 0 Å². The average Bonchev–Trinajstić information content (AvgIpc) is 2.35. The molecule has 1 aromatic rings. The standard InChI is InChI=1S/C13H19NO3/c1-9-5-6-12(16-3)11(7-9)10(2)14-8-13(15)17-4/h5-7,10,14H,8H2,1-4H3. The van der Waals surface area contributed by atoms with Gasteiger partial charge in [-0.05, 0) is 19.9 Å². The Morgan fingerprint density at radius 3 is 2.71 bits per heavy atom. The van der Waals surface area contributed by atoms with E-state index in [4.69, 9.17) is 4.74 Å². The Morgan fingerprint density at radius 1 is 1.41 bits per heavy atom. The second kappa shape index (κ2) is 6.25. The highest BCUT2D eigenvalue weighted by Gasteiger charge is 2.12. The highest BCUT2D eigenvalue weighted by Crippen LogP contribution is 2.25. The fraction of sp³-hybridized carbons (Fsp3) is 0.462. The quantitative estimate of drug-likeness (QED) is 0.794. The maximum Gasteiger partial charge on any atom is 0.319 e. The number of esters is 1. The van der Waals surface area contributed by atoms with Crippen LogP contribution in [-0.4, -0.2) is 26.7 Å². The fourth-order valence-corrected chi connectivity index (χ4v) is 1.61. The molecule has 0 radical (unpaired) electrons. The van der Waals surface area contributed by atoms with Gasteiger partial charge < -0.3 is 14.8 Å². The van der Waals surface area contributed by atoms with E-state index in [1.807, 2.05) is 32.0 Å².